The second-order valence-electron chi connectivity index (χ2n) is 6.14. The van der Waals surface area contributed by atoms with Crippen molar-refractivity contribution in [1.82, 2.24) is 4.90 Å². The van der Waals surface area contributed by atoms with E-state index in [2.05, 4.69) is 0 Å². The molecule has 1 aliphatic rings. The van der Waals surface area contributed by atoms with E-state index in [0.29, 0.717) is 18.5 Å². The van der Waals surface area contributed by atoms with Gasteiger partial charge < -0.3 is 4.74 Å². The number of para-hydroxylation sites is 1. The molecule has 3 rings (SSSR count). The van der Waals surface area contributed by atoms with Gasteiger partial charge in [0.25, 0.3) is 16.8 Å². The van der Waals surface area contributed by atoms with E-state index in [4.69, 9.17) is 4.74 Å². The van der Waals surface area contributed by atoms with Crippen molar-refractivity contribution < 1.29 is 24.2 Å². The maximum absolute atomic E-state index is 12.4. The van der Waals surface area contributed by atoms with Crippen molar-refractivity contribution in [1.29, 1.82) is 0 Å². The Hall–Kier alpha value is -3.73. The standard InChI is InChI=1S/C19H15N3O7S/c1-2-9-20-18(23)17(30-19(20)24)10-12-5-3-4-6-15(12)29-16-8-7-13(21(25)26)11-14(16)22(27)28/h3-8,10-11H,2,9H2,1H3/b17-10+. The molecule has 0 aliphatic carbocycles. The fraction of sp³-hybridized carbons (Fsp3) is 0.158. The highest BCUT2D eigenvalue weighted by molar-refractivity contribution is 8.18. The van der Waals surface area contributed by atoms with Crippen LogP contribution in [0.3, 0.4) is 0 Å². The van der Waals surface area contributed by atoms with Crippen molar-refractivity contribution in [2.75, 3.05) is 6.54 Å². The Morgan fingerprint density at radius 1 is 1.07 bits per heavy atom. The number of ether oxygens (including phenoxy) is 1. The molecule has 0 bridgehead atoms. The van der Waals surface area contributed by atoms with Crippen molar-refractivity contribution in [3.63, 3.8) is 0 Å². The lowest BCUT2D eigenvalue weighted by atomic mass is 10.1. The Morgan fingerprint density at radius 2 is 1.80 bits per heavy atom. The average molecular weight is 429 g/mol. The van der Waals surface area contributed by atoms with Crippen molar-refractivity contribution >= 4 is 40.4 Å². The number of nitro groups is 2. The van der Waals surface area contributed by atoms with E-state index in [-0.39, 0.29) is 21.6 Å². The number of amides is 2. The lowest BCUT2D eigenvalue weighted by Gasteiger charge is -2.10. The molecular formula is C19H15N3O7S. The first kappa shape index (κ1) is 21.0. The SMILES string of the molecule is CCCN1C(=O)S/C(=C/c2ccccc2Oc2ccc([N+](=O)[O-])cc2[N+](=O)[O-])C1=O. The highest BCUT2D eigenvalue weighted by Gasteiger charge is 2.34. The number of nitrogens with zero attached hydrogens (tertiary/aromatic N) is 3. The molecule has 0 atom stereocenters. The van der Waals surface area contributed by atoms with E-state index in [1.807, 2.05) is 6.92 Å². The second kappa shape index (κ2) is 8.74. The molecule has 0 saturated carbocycles. The first-order valence-electron chi connectivity index (χ1n) is 8.77. The van der Waals surface area contributed by atoms with Crippen LogP contribution in [0.2, 0.25) is 0 Å². The smallest absolute Gasteiger partial charge is 0.318 e. The number of carbonyl (C=O) groups is 2. The van der Waals surface area contributed by atoms with Crippen LogP contribution < -0.4 is 4.74 Å². The molecular weight excluding hydrogens is 414 g/mol. The Bertz CT molecular complexity index is 1080. The van der Waals surface area contributed by atoms with Crippen LogP contribution in [0.1, 0.15) is 18.9 Å². The quantitative estimate of drug-likeness (QED) is 0.350. The van der Waals surface area contributed by atoms with E-state index in [1.54, 1.807) is 18.2 Å². The monoisotopic (exact) mass is 429 g/mol. The lowest BCUT2D eigenvalue weighted by molar-refractivity contribution is -0.394. The number of rotatable bonds is 7. The first-order chi connectivity index (χ1) is 14.3. The minimum absolute atomic E-state index is 0.189. The molecule has 1 saturated heterocycles. The molecule has 154 valence electrons. The van der Waals surface area contributed by atoms with Gasteiger partial charge in [-0.2, -0.15) is 0 Å². The number of non-ortho nitro benzene ring substituents is 1. The summed E-state index contributed by atoms with van der Waals surface area (Å²) in [5, 5.41) is 21.9. The van der Waals surface area contributed by atoms with Crippen molar-refractivity contribution in [2.24, 2.45) is 0 Å². The third-order valence-corrected chi connectivity index (χ3v) is 5.00. The van der Waals surface area contributed by atoms with Gasteiger partial charge in [0.15, 0.2) is 0 Å². The molecule has 30 heavy (non-hydrogen) atoms. The highest BCUT2D eigenvalue weighted by atomic mass is 32.2. The average Bonchev–Trinajstić information content (AvgIpc) is 2.97. The summed E-state index contributed by atoms with van der Waals surface area (Å²) in [5.41, 5.74) is -0.582. The molecule has 0 aromatic heterocycles. The number of hydrogen-bond donors (Lipinski definition) is 0. The summed E-state index contributed by atoms with van der Waals surface area (Å²) < 4.78 is 5.66. The molecule has 1 aliphatic heterocycles. The van der Waals surface area contributed by atoms with Gasteiger partial charge in [-0.1, -0.05) is 25.1 Å². The van der Waals surface area contributed by atoms with Gasteiger partial charge in [-0.15, -0.1) is 0 Å². The van der Waals surface area contributed by atoms with E-state index in [1.165, 1.54) is 12.1 Å². The van der Waals surface area contributed by atoms with Crippen LogP contribution in [0.25, 0.3) is 6.08 Å². The Kier molecular flexibility index (Phi) is 6.11. The fourth-order valence-corrected chi connectivity index (χ4v) is 3.57. The number of thioether (sulfide) groups is 1. The van der Waals surface area contributed by atoms with E-state index in [9.17, 15) is 29.8 Å². The summed E-state index contributed by atoms with van der Waals surface area (Å²) >= 11 is 0.805. The second-order valence-corrected chi connectivity index (χ2v) is 7.13. The summed E-state index contributed by atoms with van der Waals surface area (Å²) in [6, 6.07) is 9.52. The van der Waals surface area contributed by atoms with E-state index in [0.717, 1.165) is 34.9 Å². The van der Waals surface area contributed by atoms with Gasteiger partial charge in [0.1, 0.15) is 5.75 Å². The molecule has 0 N–H and O–H groups in total. The van der Waals surface area contributed by atoms with Crippen LogP contribution >= 0.6 is 11.8 Å². The number of imide groups is 1. The number of carbonyl (C=O) groups excluding carboxylic acids is 2. The molecule has 0 radical (unpaired) electrons. The largest absolute Gasteiger partial charge is 0.449 e. The normalized spacial score (nSPS) is 15.0. The van der Waals surface area contributed by atoms with Gasteiger partial charge >= 0.3 is 5.69 Å². The van der Waals surface area contributed by atoms with Gasteiger partial charge in [-0.3, -0.25) is 34.7 Å². The van der Waals surface area contributed by atoms with Crippen LogP contribution in [0.15, 0.2) is 47.4 Å². The topological polar surface area (TPSA) is 133 Å². The molecule has 10 nitrogen and oxygen atoms in total. The lowest BCUT2D eigenvalue weighted by Crippen LogP contribution is -2.28. The zero-order chi connectivity index (χ0) is 21.8. The zero-order valence-electron chi connectivity index (χ0n) is 15.6. The summed E-state index contributed by atoms with van der Waals surface area (Å²) in [7, 11) is 0. The van der Waals surface area contributed by atoms with E-state index < -0.39 is 27.1 Å². The highest BCUT2D eigenvalue weighted by Crippen LogP contribution is 2.38. The molecule has 1 fully saturated rings. The summed E-state index contributed by atoms with van der Waals surface area (Å²) in [6.45, 7) is 2.17. The van der Waals surface area contributed by atoms with Crippen molar-refractivity contribution in [3.05, 3.63) is 73.2 Å². The summed E-state index contributed by atoms with van der Waals surface area (Å²) in [5.74, 6) is -0.412. The molecule has 0 spiro atoms. The van der Waals surface area contributed by atoms with Gasteiger partial charge in [0.05, 0.1) is 20.8 Å². The zero-order valence-corrected chi connectivity index (χ0v) is 16.5. The maximum Gasteiger partial charge on any atom is 0.318 e. The number of benzene rings is 2. The number of nitro benzene ring substituents is 2. The molecule has 2 amide bonds. The number of hydrogen-bond acceptors (Lipinski definition) is 8. The molecule has 2 aromatic rings. The third-order valence-electron chi connectivity index (χ3n) is 4.10. The van der Waals surface area contributed by atoms with Gasteiger partial charge in [0.2, 0.25) is 5.75 Å². The Labute approximate surface area is 174 Å². The third kappa shape index (κ3) is 4.30. The Balaban J connectivity index is 1.96. The van der Waals surface area contributed by atoms with Gasteiger partial charge in [-0.05, 0) is 36.4 Å². The summed E-state index contributed by atoms with van der Waals surface area (Å²) in [4.78, 5) is 46.5. The first-order valence-corrected chi connectivity index (χ1v) is 9.58. The van der Waals surface area contributed by atoms with E-state index >= 15 is 0 Å². The maximum atomic E-state index is 12.4. The van der Waals surface area contributed by atoms with Crippen molar-refractivity contribution in [3.8, 4) is 11.5 Å². The predicted octanol–water partition coefficient (Wildman–Crippen LogP) is 4.74. The van der Waals surface area contributed by atoms with Crippen LogP contribution in [-0.4, -0.2) is 32.4 Å². The Morgan fingerprint density at radius 3 is 2.47 bits per heavy atom. The van der Waals surface area contributed by atoms with Gasteiger partial charge in [-0.25, -0.2) is 0 Å². The van der Waals surface area contributed by atoms with Crippen LogP contribution in [0, 0.1) is 20.2 Å². The van der Waals surface area contributed by atoms with Crippen LogP contribution in [-0.2, 0) is 4.79 Å². The molecule has 0 unspecified atom stereocenters. The van der Waals surface area contributed by atoms with Gasteiger partial charge in [0, 0.05) is 18.2 Å². The van der Waals surface area contributed by atoms with Crippen molar-refractivity contribution in [2.45, 2.75) is 13.3 Å². The minimum atomic E-state index is -0.777. The predicted molar refractivity (Wildman–Crippen MR) is 109 cm³/mol. The summed E-state index contributed by atoms with van der Waals surface area (Å²) in [6.07, 6.45) is 2.11. The fourth-order valence-electron chi connectivity index (χ4n) is 2.72. The molecule has 1 heterocycles. The molecule has 2 aromatic carbocycles. The molecule has 11 heteroatoms. The minimum Gasteiger partial charge on any atom is -0.449 e. The van der Waals surface area contributed by atoms with Crippen LogP contribution in [0.5, 0.6) is 11.5 Å². The van der Waals surface area contributed by atoms with Crippen LogP contribution in [0.4, 0.5) is 16.2 Å².